The Morgan fingerprint density at radius 1 is 1.06 bits per heavy atom. The first-order chi connectivity index (χ1) is 7.90. The van der Waals surface area contributed by atoms with Crippen LogP contribution in [0.2, 0.25) is 0 Å². The van der Waals surface area contributed by atoms with Crippen LogP contribution in [-0.2, 0) is 4.57 Å². The smallest absolute Gasteiger partial charge is 0.261 e. The molecule has 1 aromatic rings. The van der Waals surface area contributed by atoms with Gasteiger partial charge < -0.3 is 0 Å². The largest absolute Gasteiger partial charge is 0.289 e. The van der Waals surface area contributed by atoms with E-state index in [1.165, 1.54) is 0 Å². The predicted molar refractivity (Wildman–Crippen MR) is 66.0 cm³/mol. The van der Waals surface area contributed by atoms with E-state index < -0.39 is 17.7 Å². The highest BCUT2D eigenvalue weighted by atomic mass is 35.9. The fourth-order valence-corrected chi connectivity index (χ4v) is 2.55. The number of fused-ring (bicyclic) bond motifs is 1. The number of hydrogen-bond acceptors (Lipinski definition) is 3. The van der Waals surface area contributed by atoms with E-state index in [1.54, 1.807) is 24.3 Å². The van der Waals surface area contributed by atoms with Gasteiger partial charge in [-0.1, -0.05) is 12.1 Å². The molecule has 0 aromatic heterocycles. The molecule has 1 aliphatic heterocycles. The maximum absolute atomic E-state index is 11.9. The lowest BCUT2D eigenvalue weighted by Crippen LogP contribution is -2.31. The van der Waals surface area contributed by atoms with E-state index in [-0.39, 0.29) is 12.7 Å². The highest BCUT2D eigenvalue weighted by molar-refractivity contribution is 8.08. The summed E-state index contributed by atoms with van der Waals surface area (Å²) in [5.41, 5.74) is 0.716. The SMILES string of the molecule is O=C1c2ccccc2C(=O)N1CCP(=O)(Cl)Cl. The van der Waals surface area contributed by atoms with Gasteiger partial charge in [0.2, 0.25) is 0 Å². The zero-order valence-electron chi connectivity index (χ0n) is 8.60. The molecule has 17 heavy (non-hydrogen) atoms. The van der Waals surface area contributed by atoms with E-state index in [2.05, 4.69) is 0 Å². The molecule has 0 aliphatic carbocycles. The first kappa shape index (κ1) is 12.6. The molecule has 0 N–H and O–H groups in total. The molecule has 4 nitrogen and oxygen atoms in total. The molecule has 0 saturated heterocycles. The van der Waals surface area contributed by atoms with Gasteiger partial charge in [-0.2, -0.15) is 0 Å². The maximum Gasteiger partial charge on any atom is 0.261 e. The molecule has 1 heterocycles. The van der Waals surface area contributed by atoms with Crippen molar-refractivity contribution in [2.45, 2.75) is 0 Å². The molecule has 0 spiro atoms. The van der Waals surface area contributed by atoms with Gasteiger partial charge in [-0.15, -0.1) is 0 Å². The minimum Gasteiger partial charge on any atom is -0.289 e. The van der Waals surface area contributed by atoms with Crippen LogP contribution in [-0.4, -0.2) is 29.4 Å². The fourth-order valence-electron chi connectivity index (χ4n) is 1.66. The van der Waals surface area contributed by atoms with Gasteiger partial charge in [0.25, 0.3) is 17.7 Å². The van der Waals surface area contributed by atoms with Crippen molar-refractivity contribution in [3.63, 3.8) is 0 Å². The zero-order valence-corrected chi connectivity index (χ0v) is 11.0. The second-order valence-corrected chi connectivity index (χ2v) is 8.98. The summed E-state index contributed by atoms with van der Waals surface area (Å²) >= 11 is 10.8. The van der Waals surface area contributed by atoms with Crippen LogP contribution in [0, 0.1) is 0 Å². The quantitative estimate of drug-likeness (QED) is 0.635. The standard InChI is InChI=1S/C10H8Cl2NO3P/c11-17(12,16)6-5-13-9(14)7-3-1-2-4-8(7)10(13)15/h1-4H,5-6H2. The third-order valence-electron chi connectivity index (χ3n) is 2.46. The van der Waals surface area contributed by atoms with Crippen molar-refractivity contribution in [2.75, 3.05) is 12.7 Å². The zero-order chi connectivity index (χ0) is 12.6. The molecule has 0 saturated carbocycles. The molecule has 2 amide bonds. The Hall–Kier alpha value is -0.830. The Morgan fingerprint density at radius 3 is 1.94 bits per heavy atom. The Labute approximate surface area is 107 Å². The fraction of sp³-hybridized carbons (Fsp3) is 0.200. The lowest BCUT2D eigenvalue weighted by atomic mass is 10.1. The normalized spacial score (nSPS) is 15.3. The first-order valence-corrected chi connectivity index (χ1v) is 8.54. The average Bonchev–Trinajstić information content (AvgIpc) is 2.49. The number of imide groups is 1. The van der Waals surface area contributed by atoms with Gasteiger partial charge in [0.05, 0.1) is 11.1 Å². The van der Waals surface area contributed by atoms with Crippen molar-refractivity contribution in [3.8, 4) is 0 Å². The van der Waals surface area contributed by atoms with Gasteiger partial charge in [0.1, 0.15) is 0 Å². The van der Waals surface area contributed by atoms with Gasteiger partial charge in [-0.05, 0) is 34.6 Å². The number of rotatable bonds is 3. The molecule has 7 heteroatoms. The van der Waals surface area contributed by atoms with Crippen molar-refractivity contribution in [1.29, 1.82) is 0 Å². The number of amides is 2. The molecule has 0 atom stereocenters. The molecule has 1 aromatic carbocycles. The van der Waals surface area contributed by atoms with Gasteiger partial charge >= 0.3 is 0 Å². The number of benzene rings is 1. The van der Waals surface area contributed by atoms with Crippen molar-refractivity contribution in [1.82, 2.24) is 4.90 Å². The Balaban J connectivity index is 2.22. The van der Waals surface area contributed by atoms with Crippen LogP contribution in [0.3, 0.4) is 0 Å². The van der Waals surface area contributed by atoms with E-state index in [9.17, 15) is 14.2 Å². The molecule has 1 aliphatic rings. The summed E-state index contributed by atoms with van der Waals surface area (Å²) in [4.78, 5) is 24.7. The van der Waals surface area contributed by atoms with E-state index in [4.69, 9.17) is 22.5 Å². The van der Waals surface area contributed by atoms with E-state index >= 15 is 0 Å². The number of carbonyl (C=O) groups excluding carboxylic acids is 2. The van der Waals surface area contributed by atoms with Crippen molar-refractivity contribution in [2.24, 2.45) is 0 Å². The summed E-state index contributed by atoms with van der Waals surface area (Å²) in [6, 6.07) is 6.52. The van der Waals surface area contributed by atoms with Crippen LogP contribution in [0.15, 0.2) is 24.3 Å². The topological polar surface area (TPSA) is 54.5 Å². The lowest BCUT2D eigenvalue weighted by molar-refractivity contribution is 0.0664. The predicted octanol–water partition coefficient (Wildman–Crippen LogP) is 2.95. The molecular formula is C10H8Cl2NO3P. The molecule has 90 valence electrons. The van der Waals surface area contributed by atoms with Gasteiger partial charge in [-0.3, -0.25) is 19.1 Å². The highest BCUT2D eigenvalue weighted by Crippen LogP contribution is 2.56. The minimum absolute atomic E-state index is 0.0311. The summed E-state index contributed by atoms with van der Waals surface area (Å²) in [6.45, 7) is -0.0311. The molecule has 0 bridgehead atoms. The van der Waals surface area contributed by atoms with Crippen molar-refractivity contribution in [3.05, 3.63) is 35.4 Å². The number of carbonyl (C=O) groups is 2. The van der Waals surface area contributed by atoms with Gasteiger partial charge in [-0.25, -0.2) is 0 Å². The van der Waals surface area contributed by atoms with Crippen LogP contribution in [0.4, 0.5) is 0 Å². The van der Waals surface area contributed by atoms with Crippen LogP contribution >= 0.6 is 28.3 Å². The van der Waals surface area contributed by atoms with Crippen molar-refractivity contribution < 1.29 is 14.2 Å². The van der Waals surface area contributed by atoms with E-state index in [1.807, 2.05) is 0 Å². The molecule has 0 fully saturated rings. The van der Waals surface area contributed by atoms with Gasteiger partial charge in [0.15, 0.2) is 0 Å². The highest BCUT2D eigenvalue weighted by Gasteiger charge is 2.35. The molecule has 0 unspecified atom stereocenters. The number of nitrogens with zero attached hydrogens (tertiary/aromatic N) is 1. The third kappa shape index (κ3) is 2.54. The Kier molecular flexibility index (Phi) is 3.30. The first-order valence-electron chi connectivity index (χ1n) is 4.84. The van der Waals surface area contributed by atoms with Gasteiger partial charge in [0, 0.05) is 12.7 Å². The number of hydrogen-bond donors (Lipinski definition) is 0. The average molecular weight is 292 g/mol. The second-order valence-electron chi connectivity index (χ2n) is 3.60. The lowest BCUT2D eigenvalue weighted by Gasteiger charge is -2.13. The minimum atomic E-state index is -3.27. The van der Waals surface area contributed by atoms with E-state index in [0.717, 1.165) is 4.90 Å². The van der Waals surface area contributed by atoms with Crippen LogP contribution in [0.25, 0.3) is 0 Å². The van der Waals surface area contributed by atoms with Crippen LogP contribution < -0.4 is 0 Å². The van der Waals surface area contributed by atoms with Crippen molar-refractivity contribution >= 4 is 40.1 Å². The summed E-state index contributed by atoms with van der Waals surface area (Å²) in [5, 5.41) is 0. The Morgan fingerprint density at radius 2 is 1.53 bits per heavy atom. The monoisotopic (exact) mass is 291 g/mol. The summed E-state index contributed by atoms with van der Waals surface area (Å²) in [6.07, 6.45) is -0.0957. The van der Waals surface area contributed by atoms with Crippen LogP contribution in [0.5, 0.6) is 0 Å². The number of halogens is 2. The molecule has 0 radical (unpaired) electrons. The maximum atomic E-state index is 11.9. The molecular weight excluding hydrogens is 284 g/mol. The Bertz CT molecular complexity index is 505. The summed E-state index contributed by atoms with van der Waals surface area (Å²) in [7, 11) is 0. The van der Waals surface area contributed by atoms with Crippen LogP contribution in [0.1, 0.15) is 20.7 Å². The summed E-state index contributed by atoms with van der Waals surface area (Å²) < 4.78 is 11.1. The third-order valence-corrected chi connectivity index (χ3v) is 4.20. The molecule has 2 rings (SSSR count). The summed E-state index contributed by atoms with van der Waals surface area (Å²) in [5.74, 6) is -4.06. The van der Waals surface area contributed by atoms with E-state index in [0.29, 0.717) is 11.1 Å². The second kappa shape index (κ2) is 4.45.